The standard InChI is InChI=1S/C13H26O2/c1-10-5-7-13(14,12(3)9-10)11(2)6-8-15-4/h10-12,14H,5-9H2,1-4H3. The van der Waals surface area contributed by atoms with Gasteiger partial charge >= 0.3 is 0 Å². The van der Waals surface area contributed by atoms with Gasteiger partial charge in [0.25, 0.3) is 0 Å². The fraction of sp³-hybridized carbons (Fsp3) is 1.00. The van der Waals surface area contributed by atoms with Gasteiger partial charge in [0.05, 0.1) is 5.60 Å². The molecule has 0 heterocycles. The monoisotopic (exact) mass is 214 g/mol. The van der Waals surface area contributed by atoms with E-state index in [2.05, 4.69) is 20.8 Å². The lowest BCUT2D eigenvalue weighted by Gasteiger charge is -2.44. The molecule has 4 unspecified atom stereocenters. The van der Waals surface area contributed by atoms with E-state index in [1.807, 2.05) is 0 Å². The second kappa shape index (κ2) is 5.31. The van der Waals surface area contributed by atoms with Crippen molar-refractivity contribution in [3.8, 4) is 0 Å². The second-order valence-electron chi connectivity index (χ2n) is 5.45. The van der Waals surface area contributed by atoms with Crippen molar-refractivity contribution in [1.82, 2.24) is 0 Å². The van der Waals surface area contributed by atoms with Gasteiger partial charge in [0.2, 0.25) is 0 Å². The van der Waals surface area contributed by atoms with Crippen LogP contribution in [0.5, 0.6) is 0 Å². The molecular formula is C13H26O2. The molecule has 2 nitrogen and oxygen atoms in total. The van der Waals surface area contributed by atoms with Gasteiger partial charge in [-0.2, -0.15) is 0 Å². The van der Waals surface area contributed by atoms with Gasteiger partial charge in [-0.3, -0.25) is 0 Å². The van der Waals surface area contributed by atoms with Crippen molar-refractivity contribution >= 4 is 0 Å². The molecule has 0 aliphatic heterocycles. The zero-order chi connectivity index (χ0) is 11.5. The van der Waals surface area contributed by atoms with Gasteiger partial charge < -0.3 is 9.84 Å². The number of rotatable bonds is 4. The van der Waals surface area contributed by atoms with Crippen molar-refractivity contribution in [3.05, 3.63) is 0 Å². The number of hydrogen-bond acceptors (Lipinski definition) is 2. The molecule has 1 rings (SSSR count). The molecule has 2 heteroatoms. The third kappa shape index (κ3) is 2.94. The lowest BCUT2D eigenvalue weighted by Crippen LogP contribution is -2.46. The van der Waals surface area contributed by atoms with Crippen molar-refractivity contribution in [2.24, 2.45) is 17.8 Å². The van der Waals surface area contributed by atoms with Crippen LogP contribution in [0.2, 0.25) is 0 Å². The summed E-state index contributed by atoms with van der Waals surface area (Å²) in [5.41, 5.74) is -0.453. The summed E-state index contributed by atoms with van der Waals surface area (Å²) in [7, 11) is 1.73. The number of aliphatic hydroxyl groups is 1. The van der Waals surface area contributed by atoms with Crippen molar-refractivity contribution in [2.45, 2.75) is 52.1 Å². The van der Waals surface area contributed by atoms with Crippen LogP contribution in [0, 0.1) is 17.8 Å². The summed E-state index contributed by atoms with van der Waals surface area (Å²) in [6.45, 7) is 7.39. The quantitative estimate of drug-likeness (QED) is 0.779. The van der Waals surface area contributed by atoms with Crippen molar-refractivity contribution in [2.75, 3.05) is 13.7 Å². The van der Waals surface area contributed by atoms with Gasteiger partial charge in [-0.15, -0.1) is 0 Å². The molecule has 0 aromatic rings. The maximum Gasteiger partial charge on any atom is 0.0699 e. The van der Waals surface area contributed by atoms with Crippen molar-refractivity contribution in [3.63, 3.8) is 0 Å². The van der Waals surface area contributed by atoms with Crippen LogP contribution in [0.1, 0.15) is 46.5 Å². The summed E-state index contributed by atoms with van der Waals surface area (Å²) in [6.07, 6.45) is 4.25. The Balaban J connectivity index is 2.56. The zero-order valence-electron chi connectivity index (χ0n) is 10.6. The van der Waals surface area contributed by atoms with Gasteiger partial charge in [-0.25, -0.2) is 0 Å². The molecule has 0 aromatic heterocycles. The Bertz CT molecular complexity index is 193. The summed E-state index contributed by atoms with van der Waals surface area (Å²) in [5.74, 6) is 1.54. The SMILES string of the molecule is COCCC(C)C1(O)CCC(C)CC1C. The molecule has 1 saturated carbocycles. The van der Waals surface area contributed by atoms with E-state index < -0.39 is 5.60 Å². The van der Waals surface area contributed by atoms with E-state index >= 15 is 0 Å². The molecule has 1 aliphatic carbocycles. The van der Waals surface area contributed by atoms with Crippen LogP contribution in [-0.4, -0.2) is 24.4 Å². The normalized spacial score (nSPS) is 39.0. The first kappa shape index (κ1) is 13.0. The lowest BCUT2D eigenvalue weighted by atomic mass is 9.66. The van der Waals surface area contributed by atoms with Gasteiger partial charge in [0.1, 0.15) is 0 Å². The second-order valence-corrected chi connectivity index (χ2v) is 5.45. The Morgan fingerprint density at radius 2 is 2.13 bits per heavy atom. The fourth-order valence-electron chi connectivity index (χ4n) is 2.93. The molecule has 1 aliphatic rings. The summed E-state index contributed by atoms with van der Waals surface area (Å²) in [4.78, 5) is 0. The van der Waals surface area contributed by atoms with E-state index in [9.17, 15) is 5.11 Å². The maximum absolute atomic E-state index is 10.7. The minimum absolute atomic E-state index is 0.347. The predicted molar refractivity (Wildman–Crippen MR) is 62.8 cm³/mol. The Hall–Kier alpha value is -0.0800. The van der Waals surface area contributed by atoms with Crippen LogP contribution in [-0.2, 0) is 4.74 Å². The largest absolute Gasteiger partial charge is 0.389 e. The molecule has 0 radical (unpaired) electrons. The first-order valence-electron chi connectivity index (χ1n) is 6.22. The van der Waals surface area contributed by atoms with Crippen LogP contribution in [0.15, 0.2) is 0 Å². The Morgan fingerprint density at radius 1 is 1.47 bits per heavy atom. The molecular weight excluding hydrogens is 188 g/mol. The zero-order valence-corrected chi connectivity index (χ0v) is 10.6. The molecule has 0 spiro atoms. The molecule has 0 saturated heterocycles. The highest BCUT2D eigenvalue weighted by atomic mass is 16.5. The molecule has 15 heavy (non-hydrogen) atoms. The Labute approximate surface area is 94.0 Å². The molecule has 0 bridgehead atoms. The molecule has 90 valence electrons. The van der Waals surface area contributed by atoms with Crippen LogP contribution in [0.3, 0.4) is 0 Å². The minimum Gasteiger partial charge on any atom is -0.389 e. The number of methoxy groups -OCH3 is 1. The predicted octanol–water partition coefficient (Wildman–Crippen LogP) is 2.85. The molecule has 4 atom stereocenters. The molecule has 1 N–H and O–H groups in total. The highest BCUT2D eigenvalue weighted by Crippen LogP contribution is 2.42. The third-order valence-corrected chi connectivity index (χ3v) is 4.26. The molecule has 0 amide bonds. The van der Waals surface area contributed by atoms with Crippen LogP contribution < -0.4 is 0 Å². The summed E-state index contributed by atoms with van der Waals surface area (Å²) >= 11 is 0. The highest BCUT2D eigenvalue weighted by molar-refractivity contribution is 4.93. The molecule has 0 aromatic carbocycles. The minimum atomic E-state index is -0.453. The Kier molecular flexibility index (Phi) is 4.60. The van der Waals surface area contributed by atoms with E-state index in [1.54, 1.807) is 7.11 Å². The smallest absolute Gasteiger partial charge is 0.0699 e. The fourth-order valence-corrected chi connectivity index (χ4v) is 2.93. The molecule has 1 fully saturated rings. The first-order valence-corrected chi connectivity index (χ1v) is 6.22. The highest BCUT2D eigenvalue weighted by Gasteiger charge is 2.42. The van der Waals surface area contributed by atoms with E-state index in [-0.39, 0.29) is 0 Å². The third-order valence-electron chi connectivity index (χ3n) is 4.26. The van der Waals surface area contributed by atoms with Crippen molar-refractivity contribution < 1.29 is 9.84 Å². The van der Waals surface area contributed by atoms with Gasteiger partial charge in [0, 0.05) is 13.7 Å². The van der Waals surface area contributed by atoms with E-state index in [0.717, 1.165) is 38.2 Å². The van der Waals surface area contributed by atoms with E-state index in [0.29, 0.717) is 11.8 Å². The average Bonchev–Trinajstić information content (AvgIpc) is 2.20. The van der Waals surface area contributed by atoms with Crippen LogP contribution >= 0.6 is 0 Å². The average molecular weight is 214 g/mol. The number of hydrogen-bond donors (Lipinski definition) is 1. The first-order chi connectivity index (χ1) is 7.00. The van der Waals surface area contributed by atoms with Crippen LogP contribution in [0.25, 0.3) is 0 Å². The summed E-state index contributed by atoms with van der Waals surface area (Å²) < 4.78 is 5.09. The van der Waals surface area contributed by atoms with E-state index in [1.165, 1.54) is 0 Å². The Morgan fingerprint density at radius 3 is 2.67 bits per heavy atom. The van der Waals surface area contributed by atoms with Gasteiger partial charge in [-0.1, -0.05) is 20.8 Å². The summed E-state index contributed by atoms with van der Waals surface area (Å²) in [5, 5.41) is 10.7. The lowest BCUT2D eigenvalue weighted by molar-refractivity contribution is -0.0987. The van der Waals surface area contributed by atoms with Gasteiger partial charge in [0.15, 0.2) is 0 Å². The van der Waals surface area contributed by atoms with E-state index in [4.69, 9.17) is 4.74 Å². The summed E-state index contributed by atoms with van der Waals surface area (Å²) in [6, 6.07) is 0. The van der Waals surface area contributed by atoms with Crippen LogP contribution in [0.4, 0.5) is 0 Å². The maximum atomic E-state index is 10.7. The van der Waals surface area contributed by atoms with Crippen molar-refractivity contribution in [1.29, 1.82) is 0 Å². The topological polar surface area (TPSA) is 29.5 Å². The number of ether oxygens (including phenoxy) is 1. The van der Waals surface area contributed by atoms with Gasteiger partial charge in [-0.05, 0) is 43.4 Å².